The van der Waals surface area contributed by atoms with Gasteiger partial charge in [0, 0.05) is 18.1 Å². The molecule has 1 atom stereocenters. The maximum Gasteiger partial charge on any atom is 0.161 e. The highest BCUT2D eigenvalue weighted by Gasteiger charge is 2.45. The maximum atomic E-state index is 5.39. The summed E-state index contributed by atoms with van der Waals surface area (Å²) >= 11 is 0. The minimum absolute atomic E-state index is 0.471. The number of fused-ring (bicyclic) bond motifs is 1. The molecule has 1 fully saturated rings. The zero-order valence-corrected chi connectivity index (χ0v) is 13.1. The summed E-state index contributed by atoms with van der Waals surface area (Å²) in [5.74, 6) is 3.11. The quantitative estimate of drug-likeness (QED) is 0.910. The van der Waals surface area contributed by atoms with Crippen LogP contribution in [0.1, 0.15) is 20.3 Å². The summed E-state index contributed by atoms with van der Waals surface area (Å²) in [5, 5.41) is 5.65. The number of aromatic nitrogens is 1. The summed E-state index contributed by atoms with van der Waals surface area (Å²) in [6, 6.07) is 5.97. The van der Waals surface area contributed by atoms with Gasteiger partial charge in [-0.05, 0) is 41.3 Å². The Balaban J connectivity index is 1.91. The van der Waals surface area contributed by atoms with E-state index in [9.17, 15) is 0 Å². The Morgan fingerprint density at radius 1 is 1.24 bits per heavy atom. The van der Waals surface area contributed by atoms with Crippen LogP contribution in [-0.2, 0) is 0 Å². The van der Waals surface area contributed by atoms with E-state index in [1.807, 2.05) is 24.4 Å². The van der Waals surface area contributed by atoms with E-state index in [2.05, 4.69) is 24.1 Å². The van der Waals surface area contributed by atoms with E-state index in [0.717, 1.165) is 40.6 Å². The van der Waals surface area contributed by atoms with Gasteiger partial charge in [-0.2, -0.15) is 0 Å². The Labute approximate surface area is 125 Å². The molecule has 1 aliphatic carbocycles. The van der Waals surface area contributed by atoms with Crippen LogP contribution < -0.4 is 14.8 Å². The molecule has 1 heterocycles. The van der Waals surface area contributed by atoms with Gasteiger partial charge < -0.3 is 14.8 Å². The van der Waals surface area contributed by atoms with Crippen molar-refractivity contribution in [3.63, 3.8) is 0 Å². The first-order chi connectivity index (χ1) is 10.0. The molecule has 0 amide bonds. The molecule has 3 rings (SSSR count). The molecule has 0 aliphatic heterocycles. The van der Waals surface area contributed by atoms with Crippen molar-refractivity contribution < 1.29 is 9.47 Å². The van der Waals surface area contributed by atoms with Crippen LogP contribution in [0.25, 0.3) is 10.8 Å². The SMILES string of the molecule is COc1cc2ccnc(NCC3CC3(C)C)c2cc1OC. The van der Waals surface area contributed by atoms with Gasteiger partial charge in [0.15, 0.2) is 11.5 Å². The first kappa shape index (κ1) is 14.0. The van der Waals surface area contributed by atoms with Crippen molar-refractivity contribution in [2.75, 3.05) is 26.1 Å². The Morgan fingerprint density at radius 3 is 2.52 bits per heavy atom. The molecular weight excluding hydrogens is 264 g/mol. The molecule has 1 aromatic carbocycles. The van der Waals surface area contributed by atoms with E-state index < -0.39 is 0 Å². The van der Waals surface area contributed by atoms with Gasteiger partial charge in [-0.3, -0.25) is 0 Å². The molecule has 21 heavy (non-hydrogen) atoms. The number of anilines is 1. The van der Waals surface area contributed by atoms with Crippen molar-refractivity contribution in [2.45, 2.75) is 20.3 Å². The van der Waals surface area contributed by atoms with Crippen LogP contribution >= 0.6 is 0 Å². The average molecular weight is 286 g/mol. The van der Waals surface area contributed by atoms with Crippen molar-refractivity contribution in [1.82, 2.24) is 4.98 Å². The summed E-state index contributed by atoms with van der Waals surface area (Å²) in [5.41, 5.74) is 0.471. The molecule has 0 saturated heterocycles. The summed E-state index contributed by atoms with van der Waals surface area (Å²) < 4.78 is 10.7. The first-order valence-corrected chi connectivity index (χ1v) is 7.30. The highest BCUT2D eigenvalue weighted by atomic mass is 16.5. The molecule has 1 aromatic heterocycles. The normalized spacial score (nSPS) is 19.3. The molecule has 0 radical (unpaired) electrons. The summed E-state index contributed by atoms with van der Waals surface area (Å²) in [4.78, 5) is 4.48. The number of methoxy groups -OCH3 is 2. The van der Waals surface area contributed by atoms with Crippen molar-refractivity contribution >= 4 is 16.6 Å². The van der Waals surface area contributed by atoms with Crippen LogP contribution in [-0.4, -0.2) is 25.7 Å². The van der Waals surface area contributed by atoms with Gasteiger partial charge in [-0.15, -0.1) is 0 Å². The van der Waals surface area contributed by atoms with Gasteiger partial charge >= 0.3 is 0 Å². The van der Waals surface area contributed by atoms with E-state index in [1.165, 1.54) is 6.42 Å². The number of hydrogen-bond donors (Lipinski definition) is 1. The smallest absolute Gasteiger partial charge is 0.161 e. The van der Waals surface area contributed by atoms with E-state index in [1.54, 1.807) is 14.2 Å². The van der Waals surface area contributed by atoms with Gasteiger partial charge in [0.25, 0.3) is 0 Å². The average Bonchev–Trinajstić information content (AvgIpc) is 3.10. The number of benzene rings is 1. The number of hydrogen-bond acceptors (Lipinski definition) is 4. The number of nitrogens with one attached hydrogen (secondary N) is 1. The summed E-state index contributed by atoms with van der Waals surface area (Å²) in [7, 11) is 3.30. The molecule has 0 spiro atoms. The summed E-state index contributed by atoms with van der Waals surface area (Å²) in [6.07, 6.45) is 3.11. The second-order valence-corrected chi connectivity index (χ2v) is 6.36. The Bertz CT molecular complexity index is 667. The van der Waals surface area contributed by atoms with E-state index in [0.29, 0.717) is 5.41 Å². The minimum Gasteiger partial charge on any atom is -0.493 e. The van der Waals surface area contributed by atoms with Crippen LogP contribution in [0.5, 0.6) is 11.5 Å². The molecule has 1 saturated carbocycles. The molecule has 112 valence electrons. The molecular formula is C17H22N2O2. The fourth-order valence-electron chi connectivity index (χ4n) is 2.78. The Hall–Kier alpha value is -1.97. The molecule has 2 aromatic rings. The van der Waals surface area contributed by atoms with Crippen molar-refractivity contribution in [3.05, 3.63) is 24.4 Å². The molecule has 1 aliphatic rings. The van der Waals surface area contributed by atoms with Crippen LogP contribution in [0.15, 0.2) is 24.4 Å². The van der Waals surface area contributed by atoms with Gasteiger partial charge in [0.2, 0.25) is 0 Å². The molecule has 4 heteroatoms. The maximum absolute atomic E-state index is 5.39. The highest BCUT2D eigenvalue weighted by Crippen LogP contribution is 2.51. The Kier molecular flexibility index (Phi) is 3.40. The van der Waals surface area contributed by atoms with Crippen LogP contribution in [0.2, 0.25) is 0 Å². The van der Waals surface area contributed by atoms with Gasteiger partial charge in [0.05, 0.1) is 14.2 Å². The van der Waals surface area contributed by atoms with E-state index in [4.69, 9.17) is 9.47 Å². The largest absolute Gasteiger partial charge is 0.493 e. The lowest BCUT2D eigenvalue weighted by Crippen LogP contribution is -2.08. The first-order valence-electron chi connectivity index (χ1n) is 7.30. The van der Waals surface area contributed by atoms with Gasteiger partial charge in [-0.1, -0.05) is 13.8 Å². The standard InChI is InChI=1S/C17H22N2O2/c1-17(2)9-12(17)10-19-16-13-8-15(21-4)14(20-3)7-11(13)5-6-18-16/h5-8,12H,9-10H2,1-4H3,(H,18,19). The summed E-state index contributed by atoms with van der Waals surface area (Å²) in [6.45, 7) is 5.58. The predicted molar refractivity (Wildman–Crippen MR) is 85.2 cm³/mol. The molecule has 4 nitrogen and oxygen atoms in total. The van der Waals surface area contributed by atoms with Crippen molar-refractivity contribution in [3.8, 4) is 11.5 Å². The third-order valence-electron chi connectivity index (χ3n) is 4.50. The Morgan fingerprint density at radius 2 is 1.90 bits per heavy atom. The monoisotopic (exact) mass is 286 g/mol. The van der Waals surface area contributed by atoms with E-state index in [-0.39, 0.29) is 0 Å². The van der Waals surface area contributed by atoms with Gasteiger partial charge in [0.1, 0.15) is 5.82 Å². The van der Waals surface area contributed by atoms with Crippen LogP contribution in [0.4, 0.5) is 5.82 Å². The third kappa shape index (κ3) is 2.62. The van der Waals surface area contributed by atoms with Crippen LogP contribution in [0.3, 0.4) is 0 Å². The number of ether oxygens (including phenoxy) is 2. The highest BCUT2D eigenvalue weighted by molar-refractivity contribution is 5.94. The predicted octanol–water partition coefficient (Wildman–Crippen LogP) is 3.71. The van der Waals surface area contributed by atoms with Crippen molar-refractivity contribution in [2.24, 2.45) is 11.3 Å². The number of nitrogens with zero attached hydrogens (tertiary/aromatic N) is 1. The molecule has 1 N–H and O–H groups in total. The fourth-order valence-corrected chi connectivity index (χ4v) is 2.78. The van der Waals surface area contributed by atoms with E-state index >= 15 is 0 Å². The topological polar surface area (TPSA) is 43.4 Å². The number of rotatable bonds is 5. The van der Waals surface area contributed by atoms with Crippen molar-refractivity contribution in [1.29, 1.82) is 0 Å². The number of pyridine rings is 1. The lowest BCUT2D eigenvalue weighted by atomic mass is 10.1. The second kappa shape index (κ2) is 5.10. The third-order valence-corrected chi connectivity index (χ3v) is 4.50. The zero-order valence-electron chi connectivity index (χ0n) is 13.1. The lowest BCUT2D eigenvalue weighted by Gasteiger charge is -2.13. The lowest BCUT2D eigenvalue weighted by molar-refractivity contribution is 0.356. The fraction of sp³-hybridized carbons (Fsp3) is 0.471. The van der Waals surface area contributed by atoms with Crippen LogP contribution in [0, 0.1) is 11.3 Å². The van der Waals surface area contributed by atoms with Gasteiger partial charge in [-0.25, -0.2) is 4.98 Å². The zero-order chi connectivity index (χ0) is 15.0. The second-order valence-electron chi connectivity index (χ2n) is 6.36. The minimum atomic E-state index is 0.471. The molecule has 0 bridgehead atoms. The molecule has 1 unspecified atom stereocenters.